The van der Waals surface area contributed by atoms with Crippen LogP contribution in [0.4, 0.5) is 0 Å². The van der Waals surface area contributed by atoms with Crippen LogP contribution in [0.3, 0.4) is 0 Å². The molecule has 0 fully saturated rings. The standard InChI is InChI=1S/C18H21NO2S/c1-3-7-16-9-4-5-10-17(16)14-19-22(20,21)18-11-6-8-15(2)12-13-18/h3-5,8-13,19H,1,6-7,14H2,2H3. The van der Waals surface area contributed by atoms with E-state index in [1.807, 2.05) is 49.4 Å². The van der Waals surface area contributed by atoms with Crippen LogP contribution in [-0.4, -0.2) is 8.42 Å². The van der Waals surface area contributed by atoms with Gasteiger partial charge in [0.05, 0.1) is 4.91 Å². The van der Waals surface area contributed by atoms with E-state index >= 15 is 0 Å². The van der Waals surface area contributed by atoms with Crippen LogP contribution in [0, 0.1) is 0 Å². The summed E-state index contributed by atoms with van der Waals surface area (Å²) in [6, 6.07) is 7.78. The minimum atomic E-state index is -3.49. The van der Waals surface area contributed by atoms with Crippen molar-refractivity contribution < 1.29 is 8.42 Å². The van der Waals surface area contributed by atoms with Gasteiger partial charge in [-0.1, -0.05) is 54.1 Å². The van der Waals surface area contributed by atoms with Crippen molar-refractivity contribution in [3.05, 3.63) is 82.8 Å². The first-order valence-corrected chi connectivity index (χ1v) is 8.73. The molecule has 0 radical (unpaired) electrons. The Morgan fingerprint density at radius 3 is 2.64 bits per heavy atom. The molecule has 22 heavy (non-hydrogen) atoms. The van der Waals surface area contributed by atoms with E-state index in [1.54, 1.807) is 12.2 Å². The van der Waals surface area contributed by atoms with Crippen molar-refractivity contribution in [2.45, 2.75) is 26.3 Å². The molecule has 1 aromatic rings. The van der Waals surface area contributed by atoms with E-state index in [0.717, 1.165) is 23.1 Å². The smallest absolute Gasteiger partial charge is 0.207 e. The first kappa shape index (κ1) is 16.5. The zero-order chi connectivity index (χ0) is 16.0. The third-order valence-electron chi connectivity index (χ3n) is 3.51. The fourth-order valence-electron chi connectivity index (χ4n) is 2.25. The molecular weight excluding hydrogens is 294 g/mol. The van der Waals surface area contributed by atoms with Gasteiger partial charge in [-0.15, -0.1) is 6.58 Å². The summed E-state index contributed by atoms with van der Waals surface area (Å²) in [5.41, 5.74) is 3.12. The van der Waals surface area contributed by atoms with Crippen molar-refractivity contribution in [2.75, 3.05) is 0 Å². The van der Waals surface area contributed by atoms with E-state index in [0.29, 0.717) is 11.3 Å². The fraction of sp³-hybridized carbons (Fsp3) is 0.222. The van der Waals surface area contributed by atoms with Crippen molar-refractivity contribution in [1.29, 1.82) is 0 Å². The lowest BCUT2D eigenvalue weighted by Gasteiger charge is -2.10. The van der Waals surface area contributed by atoms with E-state index in [9.17, 15) is 8.42 Å². The molecule has 1 aliphatic rings. The van der Waals surface area contributed by atoms with Crippen molar-refractivity contribution in [3.63, 3.8) is 0 Å². The summed E-state index contributed by atoms with van der Waals surface area (Å²) in [5, 5.41) is 0. The molecule has 2 rings (SSSR count). The van der Waals surface area contributed by atoms with Crippen LogP contribution in [-0.2, 0) is 23.0 Å². The van der Waals surface area contributed by atoms with E-state index in [4.69, 9.17) is 0 Å². The first-order chi connectivity index (χ1) is 10.5. The maximum atomic E-state index is 12.4. The Labute approximate surface area is 132 Å². The van der Waals surface area contributed by atoms with Crippen molar-refractivity contribution in [1.82, 2.24) is 4.72 Å². The van der Waals surface area contributed by atoms with Gasteiger partial charge in [0.15, 0.2) is 0 Å². The van der Waals surface area contributed by atoms with E-state index in [2.05, 4.69) is 11.3 Å². The SMILES string of the molecule is C=CCc1ccccc1CNS(=O)(=O)C1=CCC=C(C)C=C1. The highest BCUT2D eigenvalue weighted by Gasteiger charge is 2.16. The Morgan fingerprint density at radius 1 is 1.18 bits per heavy atom. The average molecular weight is 315 g/mol. The zero-order valence-corrected chi connectivity index (χ0v) is 13.6. The maximum Gasteiger partial charge on any atom is 0.240 e. The van der Waals surface area contributed by atoms with Gasteiger partial charge in [0.1, 0.15) is 0 Å². The number of hydrogen-bond donors (Lipinski definition) is 1. The quantitative estimate of drug-likeness (QED) is 0.815. The Morgan fingerprint density at radius 2 is 1.91 bits per heavy atom. The summed E-state index contributed by atoms with van der Waals surface area (Å²) >= 11 is 0. The first-order valence-electron chi connectivity index (χ1n) is 7.25. The highest BCUT2D eigenvalue weighted by Crippen LogP contribution is 2.16. The average Bonchev–Trinajstić information content (AvgIpc) is 2.72. The van der Waals surface area contributed by atoms with Gasteiger partial charge in [-0.2, -0.15) is 0 Å². The summed E-state index contributed by atoms with van der Waals surface area (Å²) in [6.45, 7) is 5.97. The van der Waals surface area contributed by atoms with Crippen molar-refractivity contribution in [2.24, 2.45) is 0 Å². The fourth-order valence-corrected chi connectivity index (χ4v) is 3.33. The molecule has 0 heterocycles. The molecule has 0 aromatic heterocycles. The second-order valence-corrected chi connectivity index (χ2v) is 6.98. The minimum absolute atomic E-state index is 0.282. The molecule has 0 aliphatic heterocycles. The number of sulfonamides is 1. The van der Waals surface area contributed by atoms with Crippen LogP contribution < -0.4 is 4.72 Å². The van der Waals surface area contributed by atoms with Crippen LogP contribution in [0.15, 0.2) is 71.7 Å². The van der Waals surface area contributed by atoms with Crippen LogP contribution in [0.5, 0.6) is 0 Å². The Balaban J connectivity index is 2.12. The highest BCUT2D eigenvalue weighted by molar-refractivity contribution is 7.93. The van der Waals surface area contributed by atoms with Crippen LogP contribution >= 0.6 is 0 Å². The second-order valence-electron chi connectivity index (χ2n) is 5.21. The van der Waals surface area contributed by atoms with Crippen molar-refractivity contribution >= 4 is 10.0 Å². The molecule has 0 saturated carbocycles. The third-order valence-corrected chi connectivity index (χ3v) is 4.96. The van der Waals surface area contributed by atoms with Crippen molar-refractivity contribution in [3.8, 4) is 0 Å². The van der Waals surface area contributed by atoms with E-state index in [1.165, 1.54) is 0 Å². The second kappa shape index (κ2) is 7.38. The Kier molecular flexibility index (Phi) is 5.52. The van der Waals surface area contributed by atoms with Gasteiger partial charge in [-0.3, -0.25) is 0 Å². The van der Waals surface area contributed by atoms with E-state index in [-0.39, 0.29) is 6.54 Å². The lowest BCUT2D eigenvalue weighted by molar-refractivity contribution is 0.588. The number of allylic oxidation sites excluding steroid dienone is 6. The minimum Gasteiger partial charge on any atom is -0.207 e. The van der Waals surface area contributed by atoms with Crippen LogP contribution in [0.1, 0.15) is 24.5 Å². The van der Waals surface area contributed by atoms with Gasteiger partial charge in [-0.25, -0.2) is 13.1 Å². The number of nitrogens with one attached hydrogen (secondary N) is 1. The molecule has 0 saturated heterocycles. The van der Waals surface area contributed by atoms with Gasteiger partial charge in [0, 0.05) is 6.54 Å². The lowest BCUT2D eigenvalue weighted by Crippen LogP contribution is -2.24. The lowest BCUT2D eigenvalue weighted by atomic mass is 10.1. The van der Waals surface area contributed by atoms with Gasteiger partial charge in [0.2, 0.25) is 10.0 Å². The third kappa shape index (κ3) is 4.29. The largest absolute Gasteiger partial charge is 0.240 e. The summed E-state index contributed by atoms with van der Waals surface area (Å²) in [6.07, 6.45) is 10.4. The molecule has 0 atom stereocenters. The van der Waals surface area contributed by atoms with Gasteiger partial charge in [0.25, 0.3) is 0 Å². The molecule has 0 spiro atoms. The predicted octanol–water partition coefficient (Wildman–Crippen LogP) is 3.62. The molecule has 0 unspecified atom stereocenters. The molecule has 0 bridgehead atoms. The molecule has 1 aromatic carbocycles. The summed E-state index contributed by atoms with van der Waals surface area (Å²) < 4.78 is 27.5. The van der Waals surface area contributed by atoms with Crippen LogP contribution in [0.2, 0.25) is 0 Å². The van der Waals surface area contributed by atoms with E-state index < -0.39 is 10.0 Å². The molecule has 1 N–H and O–H groups in total. The Bertz CT molecular complexity index is 740. The summed E-state index contributed by atoms with van der Waals surface area (Å²) in [5.74, 6) is 0. The van der Waals surface area contributed by atoms with Gasteiger partial charge in [-0.05, 0) is 37.0 Å². The molecule has 0 amide bonds. The van der Waals surface area contributed by atoms with Gasteiger partial charge >= 0.3 is 0 Å². The normalized spacial score (nSPS) is 15.0. The summed E-state index contributed by atoms with van der Waals surface area (Å²) in [4.78, 5) is 0.321. The number of hydrogen-bond acceptors (Lipinski definition) is 2. The number of rotatable bonds is 6. The topological polar surface area (TPSA) is 46.2 Å². The molecule has 1 aliphatic carbocycles. The maximum absolute atomic E-state index is 12.4. The molecule has 4 heteroatoms. The monoisotopic (exact) mass is 315 g/mol. The predicted molar refractivity (Wildman–Crippen MR) is 91.7 cm³/mol. The zero-order valence-electron chi connectivity index (χ0n) is 12.7. The Hall–Kier alpha value is -1.91. The number of benzene rings is 1. The van der Waals surface area contributed by atoms with Crippen LogP contribution in [0.25, 0.3) is 0 Å². The molecule has 3 nitrogen and oxygen atoms in total. The van der Waals surface area contributed by atoms with Gasteiger partial charge < -0.3 is 0 Å². The molecule has 116 valence electrons. The molecular formula is C18H21NO2S. The summed E-state index contributed by atoms with van der Waals surface area (Å²) in [7, 11) is -3.49. The highest BCUT2D eigenvalue weighted by atomic mass is 32.2.